The summed E-state index contributed by atoms with van der Waals surface area (Å²) in [6.07, 6.45) is -0.125. The van der Waals surface area contributed by atoms with E-state index in [0.29, 0.717) is 11.4 Å². The second kappa shape index (κ2) is 6.97. The highest BCUT2D eigenvalue weighted by molar-refractivity contribution is 5.89. The Hall–Kier alpha value is -2.24. The molecule has 0 aliphatic carbocycles. The number of hydrogen-bond acceptors (Lipinski definition) is 3. The third-order valence-corrected chi connectivity index (χ3v) is 3.08. The largest absolute Gasteiger partial charge is 0.497 e. The lowest BCUT2D eigenvalue weighted by atomic mass is 9.85. The Balaban J connectivity index is 2.66. The van der Waals surface area contributed by atoms with Crippen molar-refractivity contribution in [2.45, 2.75) is 33.2 Å². The van der Waals surface area contributed by atoms with E-state index in [1.807, 2.05) is 20.8 Å². The molecule has 21 heavy (non-hydrogen) atoms. The number of carboxylic acids is 1. The van der Waals surface area contributed by atoms with Crippen LogP contribution in [0.4, 0.5) is 10.5 Å². The van der Waals surface area contributed by atoms with E-state index < -0.39 is 18.0 Å². The van der Waals surface area contributed by atoms with Gasteiger partial charge in [-0.05, 0) is 29.7 Å². The average Bonchev–Trinajstić information content (AvgIpc) is 2.37. The molecular weight excluding hydrogens is 272 g/mol. The maximum absolute atomic E-state index is 12.0. The molecule has 0 aliphatic rings. The number of carbonyl (C=O) groups is 2. The fourth-order valence-electron chi connectivity index (χ4n) is 1.75. The summed E-state index contributed by atoms with van der Waals surface area (Å²) in [7, 11) is 1.56. The number of carboxylic acid groups (broad SMARTS) is 1. The molecule has 0 heterocycles. The number of nitrogens with one attached hydrogen (secondary N) is 2. The molecule has 0 aliphatic heterocycles. The van der Waals surface area contributed by atoms with Gasteiger partial charge in [-0.15, -0.1) is 0 Å². The van der Waals surface area contributed by atoms with Crippen molar-refractivity contribution in [3.63, 3.8) is 0 Å². The number of carbonyl (C=O) groups excluding carboxylic acids is 1. The predicted molar refractivity (Wildman–Crippen MR) is 80.6 cm³/mol. The summed E-state index contributed by atoms with van der Waals surface area (Å²) in [5, 5.41) is 14.3. The van der Waals surface area contributed by atoms with E-state index in [1.54, 1.807) is 31.4 Å². The number of amides is 2. The highest BCUT2D eigenvalue weighted by Gasteiger charge is 2.28. The fourth-order valence-corrected chi connectivity index (χ4v) is 1.75. The first kappa shape index (κ1) is 16.8. The van der Waals surface area contributed by atoms with Crippen molar-refractivity contribution in [1.82, 2.24) is 5.32 Å². The molecule has 0 fully saturated rings. The van der Waals surface area contributed by atoms with Gasteiger partial charge in [0.05, 0.1) is 13.5 Å². The van der Waals surface area contributed by atoms with Crippen molar-refractivity contribution in [3.05, 3.63) is 24.3 Å². The maximum Gasteiger partial charge on any atom is 0.319 e. The SMILES string of the molecule is COc1ccc(NC(=O)NC(CC(=O)O)C(C)(C)C)cc1. The minimum Gasteiger partial charge on any atom is -0.497 e. The van der Waals surface area contributed by atoms with Gasteiger partial charge in [-0.3, -0.25) is 4.79 Å². The topological polar surface area (TPSA) is 87.7 Å². The Morgan fingerprint density at radius 3 is 2.24 bits per heavy atom. The third kappa shape index (κ3) is 5.72. The molecule has 2 amide bonds. The van der Waals surface area contributed by atoms with Gasteiger partial charge in [0.2, 0.25) is 0 Å². The van der Waals surface area contributed by atoms with Crippen LogP contribution in [0.15, 0.2) is 24.3 Å². The third-order valence-electron chi connectivity index (χ3n) is 3.08. The molecule has 1 aromatic carbocycles. The van der Waals surface area contributed by atoms with Gasteiger partial charge in [0.25, 0.3) is 0 Å². The lowest BCUT2D eigenvalue weighted by Gasteiger charge is -2.30. The average molecular weight is 294 g/mol. The summed E-state index contributed by atoms with van der Waals surface area (Å²) in [6, 6.07) is 5.99. The molecule has 0 aromatic heterocycles. The summed E-state index contributed by atoms with van der Waals surface area (Å²) in [6.45, 7) is 5.65. The van der Waals surface area contributed by atoms with Crippen molar-refractivity contribution in [2.75, 3.05) is 12.4 Å². The monoisotopic (exact) mass is 294 g/mol. The highest BCUT2D eigenvalue weighted by atomic mass is 16.5. The molecule has 116 valence electrons. The van der Waals surface area contributed by atoms with E-state index in [1.165, 1.54) is 0 Å². The van der Waals surface area contributed by atoms with Gasteiger partial charge in [-0.1, -0.05) is 20.8 Å². The van der Waals surface area contributed by atoms with E-state index in [-0.39, 0.29) is 11.8 Å². The number of ether oxygens (including phenoxy) is 1. The number of hydrogen-bond donors (Lipinski definition) is 3. The van der Waals surface area contributed by atoms with Crippen molar-refractivity contribution in [3.8, 4) is 5.75 Å². The summed E-state index contributed by atoms with van der Waals surface area (Å²) in [5.41, 5.74) is 0.256. The number of aliphatic carboxylic acids is 1. The Bertz CT molecular complexity index is 491. The van der Waals surface area contributed by atoms with E-state index in [9.17, 15) is 9.59 Å². The Kier molecular flexibility index (Phi) is 5.58. The Morgan fingerprint density at radius 1 is 1.24 bits per heavy atom. The molecule has 6 nitrogen and oxygen atoms in total. The molecule has 0 saturated heterocycles. The van der Waals surface area contributed by atoms with Crippen LogP contribution < -0.4 is 15.4 Å². The van der Waals surface area contributed by atoms with Crippen LogP contribution in [0, 0.1) is 5.41 Å². The molecule has 0 radical (unpaired) electrons. The van der Waals surface area contributed by atoms with Gasteiger partial charge in [-0.2, -0.15) is 0 Å². The van der Waals surface area contributed by atoms with E-state index >= 15 is 0 Å². The predicted octanol–water partition coefficient (Wildman–Crippen LogP) is 2.71. The summed E-state index contributed by atoms with van der Waals surface area (Å²) < 4.78 is 5.03. The molecular formula is C15H22N2O4. The number of rotatable bonds is 5. The minimum absolute atomic E-state index is 0.125. The van der Waals surface area contributed by atoms with Crippen molar-refractivity contribution >= 4 is 17.7 Å². The second-order valence-corrected chi connectivity index (χ2v) is 5.84. The van der Waals surface area contributed by atoms with Crippen molar-refractivity contribution < 1.29 is 19.4 Å². The van der Waals surface area contributed by atoms with Crippen molar-refractivity contribution in [1.29, 1.82) is 0 Å². The maximum atomic E-state index is 12.0. The van der Waals surface area contributed by atoms with Crippen LogP contribution in [0.3, 0.4) is 0 Å². The first-order chi connectivity index (χ1) is 9.72. The molecule has 1 aromatic rings. The van der Waals surface area contributed by atoms with Crippen LogP contribution in [0.1, 0.15) is 27.2 Å². The van der Waals surface area contributed by atoms with E-state index in [4.69, 9.17) is 9.84 Å². The lowest BCUT2D eigenvalue weighted by molar-refractivity contribution is -0.138. The van der Waals surface area contributed by atoms with Gasteiger partial charge in [-0.25, -0.2) is 4.79 Å². The minimum atomic E-state index is -0.945. The zero-order valence-electron chi connectivity index (χ0n) is 12.8. The molecule has 0 bridgehead atoms. The first-order valence-electron chi connectivity index (χ1n) is 6.65. The molecule has 1 atom stereocenters. The lowest BCUT2D eigenvalue weighted by Crippen LogP contribution is -2.46. The summed E-state index contributed by atoms with van der Waals surface area (Å²) in [5.74, 6) is -0.251. The van der Waals surface area contributed by atoms with Gasteiger partial charge in [0.15, 0.2) is 0 Å². The van der Waals surface area contributed by atoms with Gasteiger partial charge >= 0.3 is 12.0 Å². The smallest absolute Gasteiger partial charge is 0.319 e. The van der Waals surface area contributed by atoms with E-state index in [2.05, 4.69) is 10.6 Å². The van der Waals surface area contributed by atoms with Crippen LogP contribution >= 0.6 is 0 Å². The second-order valence-electron chi connectivity index (χ2n) is 5.84. The van der Waals surface area contributed by atoms with Gasteiger partial charge in [0, 0.05) is 11.7 Å². The van der Waals surface area contributed by atoms with Crippen LogP contribution in [0.25, 0.3) is 0 Å². The summed E-state index contributed by atoms with van der Waals surface area (Å²) >= 11 is 0. The quantitative estimate of drug-likeness (QED) is 0.779. The van der Waals surface area contributed by atoms with Crippen LogP contribution in [-0.4, -0.2) is 30.3 Å². The number of urea groups is 1. The van der Waals surface area contributed by atoms with Crippen LogP contribution in [0.2, 0.25) is 0 Å². The first-order valence-corrected chi connectivity index (χ1v) is 6.65. The van der Waals surface area contributed by atoms with E-state index in [0.717, 1.165) is 0 Å². The molecule has 6 heteroatoms. The highest BCUT2D eigenvalue weighted by Crippen LogP contribution is 2.22. The Labute approximate surface area is 124 Å². The number of benzene rings is 1. The normalized spacial score (nSPS) is 12.4. The molecule has 0 saturated carbocycles. The Morgan fingerprint density at radius 2 is 1.81 bits per heavy atom. The zero-order chi connectivity index (χ0) is 16.0. The number of methoxy groups -OCH3 is 1. The number of anilines is 1. The van der Waals surface area contributed by atoms with Gasteiger partial charge < -0.3 is 20.5 Å². The molecule has 1 unspecified atom stereocenters. The summed E-state index contributed by atoms with van der Waals surface area (Å²) in [4.78, 5) is 22.8. The molecule has 0 spiro atoms. The fraction of sp³-hybridized carbons (Fsp3) is 0.467. The zero-order valence-corrected chi connectivity index (χ0v) is 12.8. The van der Waals surface area contributed by atoms with Crippen molar-refractivity contribution in [2.24, 2.45) is 5.41 Å². The standard InChI is InChI=1S/C15H22N2O4/c1-15(2,3)12(9-13(18)19)17-14(20)16-10-5-7-11(21-4)8-6-10/h5-8,12H,9H2,1-4H3,(H,18,19)(H2,16,17,20). The van der Waals surface area contributed by atoms with Gasteiger partial charge in [0.1, 0.15) is 5.75 Å². The van der Waals surface area contributed by atoms with Crippen LogP contribution in [-0.2, 0) is 4.79 Å². The molecule has 3 N–H and O–H groups in total. The molecule has 1 rings (SSSR count). The van der Waals surface area contributed by atoms with Crippen LogP contribution in [0.5, 0.6) is 5.75 Å².